The lowest BCUT2D eigenvalue weighted by atomic mass is 10.2. The number of nitrogens with zero attached hydrogens (tertiary/aromatic N) is 1. The fraction of sp³-hybridized carbons (Fsp3) is 0.0714. The van der Waals surface area contributed by atoms with E-state index in [2.05, 4.69) is 5.16 Å². The maximum Gasteiger partial charge on any atom is 0.170 e. The maximum atomic E-state index is 12.7. The Kier molecular flexibility index (Phi) is 4.36. The summed E-state index contributed by atoms with van der Waals surface area (Å²) in [6.07, 6.45) is 0. The Morgan fingerprint density at radius 1 is 1.21 bits per heavy atom. The molecule has 0 spiro atoms. The lowest BCUT2D eigenvalue weighted by Gasteiger charge is -2.03. The second-order valence-corrected chi connectivity index (χ2v) is 4.32. The summed E-state index contributed by atoms with van der Waals surface area (Å²) in [7, 11) is 0. The van der Waals surface area contributed by atoms with Gasteiger partial charge in [0, 0.05) is 10.6 Å². The van der Waals surface area contributed by atoms with E-state index in [-0.39, 0.29) is 18.3 Å². The van der Waals surface area contributed by atoms with Gasteiger partial charge >= 0.3 is 0 Å². The molecule has 2 aromatic carbocycles. The fourth-order valence-electron chi connectivity index (χ4n) is 1.46. The molecule has 2 aromatic rings. The number of rotatable bonds is 4. The van der Waals surface area contributed by atoms with Gasteiger partial charge in [0.1, 0.15) is 12.4 Å². The van der Waals surface area contributed by atoms with Gasteiger partial charge in [-0.3, -0.25) is 0 Å². The highest BCUT2D eigenvalue weighted by Crippen LogP contribution is 2.10. The van der Waals surface area contributed by atoms with Crippen LogP contribution in [0.2, 0.25) is 5.02 Å². The average Bonchev–Trinajstić information content (AvgIpc) is 2.41. The second kappa shape index (κ2) is 6.20. The molecule has 0 unspecified atom stereocenters. The normalized spacial score (nSPS) is 11.4. The van der Waals surface area contributed by atoms with E-state index >= 15 is 0 Å². The quantitative estimate of drug-likeness (QED) is 0.530. The third-order valence-corrected chi connectivity index (χ3v) is 2.66. The van der Waals surface area contributed by atoms with Crippen LogP contribution >= 0.6 is 11.6 Å². The molecular weight excluding hydrogens is 267 g/mol. The van der Waals surface area contributed by atoms with Crippen LogP contribution in [0.25, 0.3) is 0 Å². The molecule has 2 rings (SSSR count). The molecule has 0 aromatic heterocycles. The van der Waals surface area contributed by atoms with Crippen molar-refractivity contribution in [3.05, 3.63) is 70.5 Å². The molecule has 3 nitrogen and oxygen atoms in total. The fourth-order valence-corrected chi connectivity index (χ4v) is 1.65. The van der Waals surface area contributed by atoms with Gasteiger partial charge in [0.25, 0.3) is 0 Å². The molecule has 0 aliphatic carbocycles. The summed E-state index contributed by atoms with van der Waals surface area (Å²) in [4.78, 5) is 5.11. The SMILES string of the molecule is N/C(=N/OCc1ccc(F)cc1)c1cccc(Cl)c1. The van der Waals surface area contributed by atoms with Crippen molar-refractivity contribution in [2.75, 3.05) is 0 Å². The lowest BCUT2D eigenvalue weighted by molar-refractivity contribution is 0.130. The van der Waals surface area contributed by atoms with Gasteiger partial charge in [-0.25, -0.2) is 4.39 Å². The third-order valence-electron chi connectivity index (χ3n) is 2.43. The van der Waals surface area contributed by atoms with Gasteiger partial charge in [-0.15, -0.1) is 0 Å². The molecule has 0 saturated heterocycles. The van der Waals surface area contributed by atoms with Gasteiger partial charge in [-0.2, -0.15) is 0 Å². The van der Waals surface area contributed by atoms with E-state index in [1.807, 2.05) is 0 Å². The monoisotopic (exact) mass is 278 g/mol. The molecule has 2 N–H and O–H groups in total. The zero-order valence-corrected chi connectivity index (χ0v) is 10.8. The zero-order valence-electron chi connectivity index (χ0n) is 10.0. The maximum absolute atomic E-state index is 12.7. The standard InChI is InChI=1S/C14H12ClFN2O/c15-12-3-1-2-11(8-12)14(17)18-19-9-10-4-6-13(16)7-5-10/h1-8H,9H2,(H2,17,18). The van der Waals surface area contributed by atoms with E-state index in [4.69, 9.17) is 22.2 Å². The molecule has 0 amide bonds. The number of hydrogen-bond acceptors (Lipinski definition) is 2. The van der Waals surface area contributed by atoms with Gasteiger partial charge in [-0.05, 0) is 29.8 Å². The zero-order chi connectivity index (χ0) is 13.7. The van der Waals surface area contributed by atoms with Crippen molar-refractivity contribution in [1.29, 1.82) is 0 Å². The van der Waals surface area contributed by atoms with Gasteiger partial charge in [-0.1, -0.05) is 41.0 Å². The van der Waals surface area contributed by atoms with Crippen LogP contribution in [0.1, 0.15) is 11.1 Å². The molecule has 98 valence electrons. The van der Waals surface area contributed by atoms with Gasteiger partial charge < -0.3 is 10.6 Å². The third kappa shape index (κ3) is 3.96. The Morgan fingerprint density at radius 2 is 1.95 bits per heavy atom. The average molecular weight is 279 g/mol. The van der Waals surface area contributed by atoms with Crippen LogP contribution in [0.15, 0.2) is 53.7 Å². The van der Waals surface area contributed by atoms with E-state index in [0.29, 0.717) is 10.6 Å². The molecule has 0 bridgehead atoms. The minimum absolute atomic E-state index is 0.224. The van der Waals surface area contributed by atoms with Crippen molar-refractivity contribution >= 4 is 17.4 Å². The topological polar surface area (TPSA) is 47.6 Å². The van der Waals surface area contributed by atoms with Crippen LogP contribution in [0.5, 0.6) is 0 Å². The van der Waals surface area contributed by atoms with Crippen molar-refractivity contribution in [2.45, 2.75) is 6.61 Å². The predicted molar refractivity (Wildman–Crippen MR) is 73.4 cm³/mol. The Hall–Kier alpha value is -2.07. The minimum atomic E-state index is -0.286. The Labute approximate surface area is 115 Å². The highest BCUT2D eigenvalue weighted by Gasteiger charge is 2.00. The molecule has 0 atom stereocenters. The molecule has 0 fully saturated rings. The summed E-state index contributed by atoms with van der Waals surface area (Å²) >= 11 is 5.85. The van der Waals surface area contributed by atoms with Crippen LogP contribution in [-0.2, 0) is 11.4 Å². The van der Waals surface area contributed by atoms with Gasteiger partial charge in [0.2, 0.25) is 0 Å². The Bertz CT molecular complexity index is 584. The lowest BCUT2D eigenvalue weighted by Crippen LogP contribution is -2.13. The van der Waals surface area contributed by atoms with Gasteiger partial charge in [0.05, 0.1) is 0 Å². The molecule has 19 heavy (non-hydrogen) atoms. The molecule has 0 heterocycles. The second-order valence-electron chi connectivity index (χ2n) is 3.89. The van der Waals surface area contributed by atoms with Crippen LogP contribution in [0, 0.1) is 5.82 Å². The highest BCUT2D eigenvalue weighted by atomic mass is 35.5. The summed E-state index contributed by atoms with van der Waals surface area (Å²) in [5.74, 6) is -0.0460. The number of benzene rings is 2. The number of hydrogen-bond donors (Lipinski definition) is 1. The minimum Gasteiger partial charge on any atom is -0.389 e. The highest BCUT2D eigenvalue weighted by molar-refractivity contribution is 6.31. The number of oxime groups is 1. The van der Waals surface area contributed by atoms with Crippen molar-refractivity contribution in [3.8, 4) is 0 Å². The number of halogens is 2. The Balaban J connectivity index is 1.97. The molecule has 0 saturated carbocycles. The van der Waals surface area contributed by atoms with Crippen LogP contribution < -0.4 is 5.73 Å². The number of amidine groups is 1. The molecule has 5 heteroatoms. The van der Waals surface area contributed by atoms with E-state index < -0.39 is 0 Å². The van der Waals surface area contributed by atoms with Crippen molar-refractivity contribution in [3.63, 3.8) is 0 Å². The van der Waals surface area contributed by atoms with E-state index in [1.165, 1.54) is 12.1 Å². The molecular formula is C14H12ClFN2O. The first-order valence-electron chi connectivity index (χ1n) is 5.61. The van der Waals surface area contributed by atoms with Crippen molar-refractivity contribution < 1.29 is 9.23 Å². The van der Waals surface area contributed by atoms with E-state index in [1.54, 1.807) is 36.4 Å². The van der Waals surface area contributed by atoms with Crippen LogP contribution in [0.3, 0.4) is 0 Å². The van der Waals surface area contributed by atoms with Crippen molar-refractivity contribution in [1.82, 2.24) is 0 Å². The predicted octanol–water partition coefficient (Wildman–Crippen LogP) is 3.32. The Morgan fingerprint density at radius 3 is 2.63 bits per heavy atom. The first-order valence-corrected chi connectivity index (χ1v) is 5.99. The first-order chi connectivity index (χ1) is 9.15. The van der Waals surface area contributed by atoms with E-state index in [0.717, 1.165) is 5.56 Å². The van der Waals surface area contributed by atoms with Gasteiger partial charge in [0.15, 0.2) is 5.84 Å². The summed E-state index contributed by atoms with van der Waals surface area (Å²) in [5, 5.41) is 4.37. The summed E-state index contributed by atoms with van der Waals surface area (Å²) in [6.45, 7) is 0.224. The summed E-state index contributed by atoms with van der Waals surface area (Å²) < 4.78 is 12.7. The van der Waals surface area contributed by atoms with Crippen LogP contribution in [-0.4, -0.2) is 5.84 Å². The first kappa shape index (κ1) is 13.4. The molecule has 0 aliphatic heterocycles. The number of nitrogens with two attached hydrogens (primary N) is 1. The summed E-state index contributed by atoms with van der Waals surface area (Å²) in [6, 6.07) is 13.0. The molecule has 0 radical (unpaired) electrons. The smallest absolute Gasteiger partial charge is 0.170 e. The van der Waals surface area contributed by atoms with E-state index in [9.17, 15) is 4.39 Å². The largest absolute Gasteiger partial charge is 0.389 e. The van der Waals surface area contributed by atoms with Crippen LogP contribution in [0.4, 0.5) is 4.39 Å². The molecule has 0 aliphatic rings. The summed E-state index contributed by atoms with van der Waals surface area (Å²) in [5.41, 5.74) is 7.25. The van der Waals surface area contributed by atoms with Crippen molar-refractivity contribution in [2.24, 2.45) is 10.9 Å².